The van der Waals surface area contributed by atoms with Gasteiger partial charge in [0.15, 0.2) is 0 Å². The molecule has 0 aromatic carbocycles. The van der Waals surface area contributed by atoms with Gasteiger partial charge in [-0.3, -0.25) is 9.69 Å². The number of methoxy groups -OCH3 is 1. The Hall–Kier alpha value is -1.26. The quantitative estimate of drug-likeness (QED) is 0.651. The lowest BCUT2D eigenvalue weighted by Crippen LogP contribution is -2.36. The van der Waals surface area contributed by atoms with Crippen LogP contribution in [0.4, 0.5) is 4.79 Å². The van der Waals surface area contributed by atoms with E-state index in [4.69, 9.17) is 4.74 Å². The van der Waals surface area contributed by atoms with Crippen LogP contribution in [-0.2, 0) is 14.3 Å². The standard InChI is InChI=1S/C10H19NO4/c1-5-11(6-9(12)14-4)10(13)15-7-8(2)3/h8H,5-7H2,1-4H3. The third-order valence-electron chi connectivity index (χ3n) is 1.73. The molecule has 0 aromatic rings. The smallest absolute Gasteiger partial charge is 0.410 e. The monoisotopic (exact) mass is 217 g/mol. The molecule has 0 saturated heterocycles. The van der Waals surface area contributed by atoms with E-state index >= 15 is 0 Å². The van der Waals surface area contributed by atoms with E-state index in [1.54, 1.807) is 6.92 Å². The van der Waals surface area contributed by atoms with E-state index in [1.165, 1.54) is 12.0 Å². The van der Waals surface area contributed by atoms with Gasteiger partial charge < -0.3 is 9.47 Å². The van der Waals surface area contributed by atoms with Gasteiger partial charge in [0, 0.05) is 6.54 Å². The van der Waals surface area contributed by atoms with Crippen LogP contribution in [0.2, 0.25) is 0 Å². The SMILES string of the molecule is CCN(CC(=O)OC)C(=O)OCC(C)C. The zero-order valence-corrected chi connectivity index (χ0v) is 9.78. The van der Waals surface area contributed by atoms with Crippen molar-refractivity contribution in [1.29, 1.82) is 0 Å². The van der Waals surface area contributed by atoms with Crippen molar-refractivity contribution in [2.24, 2.45) is 5.92 Å². The van der Waals surface area contributed by atoms with Crippen LogP contribution in [0.5, 0.6) is 0 Å². The predicted octanol–water partition coefficient (Wildman–Crippen LogP) is 1.27. The summed E-state index contributed by atoms with van der Waals surface area (Å²) in [6.07, 6.45) is -0.475. The maximum absolute atomic E-state index is 11.4. The van der Waals surface area contributed by atoms with Gasteiger partial charge in [0.1, 0.15) is 6.54 Å². The molecule has 0 heterocycles. The highest BCUT2D eigenvalue weighted by Gasteiger charge is 2.17. The lowest BCUT2D eigenvalue weighted by molar-refractivity contribution is -0.141. The number of amides is 1. The van der Waals surface area contributed by atoms with Crippen LogP contribution in [0.3, 0.4) is 0 Å². The molecule has 0 aliphatic heterocycles. The lowest BCUT2D eigenvalue weighted by atomic mass is 10.2. The Morgan fingerprint density at radius 3 is 2.33 bits per heavy atom. The van der Waals surface area contributed by atoms with Crippen LogP contribution in [0.1, 0.15) is 20.8 Å². The number of ether oxygens (including phenoxy) is 2. The first-order valence-electron chi connectivity index (χ1n) is 4.99. The molecule has 0 rings (SSSR count). The third-order valence-corrected chi connectivity index (χ3v) is 1.73. The molecule has 15 heavy (non-hydrogen) atoms. The maximum Gasteiger partial charge on any atom is 0.410 e. The molecule has 0 unspecified atom stereocenters. The first kappa shape index (κ1) is 13.7. The molecule has 0 fully saturated rings. The molecule has 0 atom stereocenters. The molecule has 1 amide bonds. The van der Waals surface area contributed by atoms with E-state index in [9.17, 15) is 9.59 Å². The van der Waals surface area contributed by atoms with Crippen LogP contribution in [0.15, 0.2) is 0 Å². The maximum atomic E-state index is 11.4. The number of hydrogen-bond donors (Lipinski definition) is 0. The van der Waals surface area contributed by atoms with Gasteiger partial charge in [-0.25, -0.2) is 4.79 Å². The van der Waals surface area contributed by atoms with Gasteiger partial charge in [-0.15, -0.1) is 0 Å². The van der Waals surface area contributed by atoms with Crippen LogP contribution in [0.25, 0.3) is 0 Å². The van der Waals surface area contributed by atoms with Gasteiger partial charge in [-0.2, -0.15) is 0 Å². The van der Waals surface area contributed by atoms with E-state index in [0.717, 1.165) is 0 Å². The molecule has 0 saturated carbocycles. The van der Waals surface area contributed by atoms with Gasteiger partial charge >= 0.3 is 12.1 Å². The summed E-state index contributed by atoms with van der Waals surface area (Å²) in [7, 11) is 1.29. The summed E-state index contributed by atoms with van der Waals surface area (Å²) >= 11 is 0. The average Bonchev–Trinajstić information content (AvgIpc) is 2.21. The van der Waals surface area contributed by atoms with E-state index in [-0.39, 0.29) is 12.5 Å². The highest BCUT2D eigenvalue weighted by molar-refractivity contribution is 5.77. The second kappa shape index (κ2) is 7.09. The second-order valence-corrected chi connectivity index (χ2v) is 3.56. The van der Waals surface area contributed by atoms with E-state index < -0.39 is 12.1 Å². The van der Waals surface area contributed by atoms with Crippen LogP contribution in [0, 0.1) is 5.92 Å². The van der Waals surface area contributed by atoms with Crippen LogP contribution < -0.4 is 0 Å². The fraction of sp³-hybridized carbons (Fsp3) is 0.800. The van der Waals surface area contributed by atoms with Gasteiger partial charge in [0.2, 0.25) is 0 Å². The van der Waals surface area contributed by atoms with Crippen molar-refractivity contribution in [3.63, 3.8) is 0 Å². The summed E-state index contributed by atoms with van der Waals surface area (Å²) in [6, 6.07) is 0. The summed E-state index contributed by atoms with van der Waals surface area (Å²) in [5.41, 5.74) is 0. The lowest BCUT2D eigenvalue weighted by Gasteiger charge is -2.19. The zero-order chi connectivity index (χ0) is 11.8. The van der Waals surface area contributed by atoms with Gasteiger partial charge in [0.25, 0.3) is 0 Å². The van der Waals surface area contributed by atoms with Crippen molar-refractivity contribution in [2.75, 3.05) is 26.8 Å². The fourth-order valence-corrected chi connectivity index (χ4v) is 0.855. The van der Waals surface area contributed by atoms with E-state index in [2.05, 4.69) is 4.74 Å². The minimum atomic E-state index is -0.475. The van der Waals surface area contributed by atoms with E-state index in [0.29, 0.717) is 13.2 Å². The number of hydrogen-bond acceptors (Lipinski definition) is 4. The average molecular weight is 217 g/mol. The number of nitrogens with zero attached hydrogens (tertiary/aromatic N) is 1. The summed E-state index contributed by atoms with van der Waals surface area (Å²) in [5.74, 6) is -0.163. The largest absolute Gasteiger partial charge is 0.468 e. The van der Waals surface area contributed by atoms with Crippen molar-refractivity contribution in [1.82, 2.24) is 4.90 Å². The Morgan fingerprint density at radius 1 is 1.33 bits per heavy atom. The molecule has 0 aromatic heterocycles. The van der Waals surface area contributed by atoms with Crippen molar-refractivity contribution in [2.45, 2.75) is 20.8 Å². The molecule has 0 N–H and O–H groups in total. The molecule has 0 aliphatic carbocycles. The van der Waals surface area contributed by atoms with Gasteiger partial charge in [-0.05, 0) is 12.8 Å². The molecule has 0 spiro atoms. The summed E-state index contributed by atoms with van der Waals surface area (Å²) in [5, 5.41) is 0. The minimum absolute atomic E-state index is 0.0655. The second-order valence-electron chi connectivity index (χ2n) is 3.56. The van der Waals surface area contributed by atoms with E-state index in [1.807, 2.05) is 13.8 Å². The molecule has 0 bridgehead atoms. The Labute approximate surface area is 90.3 Å². The number of likely N-dealkylation sites (N-methyl/N-ethyl adjacent to an activating group) is 1. The van der Waals surface area contributed by atoms with Gasteiger partial charge in [0.05, 0.1) is 13.7 Å². The zero-order valence-electron chi connectivity index (χ0n) is 9.78. The molecule has 5 heteroatoms. The molecule has 5 nitrogen and oxygen atoms in total. The molecule has 0 radical (unpaired) electrons. The fourth-order valence-electron chi connectivity index (χ4n) is 0.855. The summed E-state index contributed by atoms with van der Waals surface area (Å²) in [4.78, 5) is 23.7. The summed E-state index contributed by atoms with van der Waals surface area (Å²) < 4.78 is 9.45. The Kier molecular flexibility index (Phi) is 6.49. The number of carbonyl (C=O) groups excluding carboxylic acids is 2. The van der Waals surface area contributed by atoms with Crippen molar-refractivity contribution >= 4 is 12.1 Å². The number of carbonyl (C=O) groups is 2. The molecular weight excluding hydrogens is 198 g/mol. The predicted molar refractivity (Wildman–Crippen MR) is 55.4 cm³/mol. The highest BCUT2D eigenvalue weighted by atomic mass is 16.6. The number of esters is 1. The van der Waals surface area contributed by atoms with Gasteiger partial charge in [-0.1, -0.05) is 13.8 Å². The normalized spacial score (nSPS) is 9.93. The molecular formula is C10H19NO4. The topological polar surface area (TPSA) is 55.8 Å². The highest BCUT2D eigenvalue weighted by Crippen LogP contribution is 1.99. The Balaban J connectivity index is 4.04. The van der Waals surface area contributed by atoms with Crippen LogP contribution >= 0.6 is 0 Å². The minimum Gasteiger partial charge on any atom is -0.468 e. The first-order valence-corrected chi connectivity index (χ1v) is 4.99. The first-order chi connectivity index (χ1) is 7.01. The van der Waals surface area contributed by atoms with Crippen molar-refractivity contribution in [3.8, 4) is 0 Å². The Bertz CT molecular complexity index is 215. The van der Waals surface area contributed by atoms with Crippen molar-refractivity contribution in [3.05, 3.63) is 0 Å². The summed E-state index contributed by atoms with van der Waals surface area (Å²) in [6.45, 7) is 6.39. The number of rotatable bonds is 5. The molecule has 88 valence electrons. The third kappa shape index (κ3) is 5.93. The van der Waals surface area contributed by atoms with Crippen LogP contribution in [-0.4, -0.2) is 43.8 Å². The van der Waals surface area contributed by atoms with Crippen molar-refractivity contribution < 1.29 is 19.1 Å². The molecule has 0 aliphatic rings. The Morgan fingerprint density at radius 2 is 1.93 bits per heavy atom.